The minimum absolute atomic E-state index is 0.200. The first-order chi connectivity index (χ1) is 11.7. The molecule has 0 radical (unpaired) electrons. The molecule has 2 aromatic rings. The highest BCUT2D eigenvalue weighted by Gasteiger charge is 2.33. The third-order valence-electron chi connectivity index (χ3n) is 4.28. The number of carbonyl (C=O) groups excluding carboxylic acids is 1. The Bertz CT molecular complexity index is 729. The third-order valence-corrected chi connectivity index (χ3v) is 4.28. The number of nitrogens with one attached hydrogen (secondary N) is 2. The molecule has 1 saturated carbocycles. The normalized spacial score (nSPS) is 20.9. The lowest BCUT2D eigenvalue weighted by atomic mass is 10.2. The van der Waals surface area contributed by atoms with E-state index >= 15 is 0 Å². The zero-order valence-corrected chi connectivity index (χ0v) is 13.4. The number of rotatable bonds is 3. The number of nitrogens with zero attached hydrogens (tertiary/aromatic N) is 5. The molecule has 2 fully saturated rings. The number of H-pyrrole nitrogens is 1. The zero-order valence-electron chi connectivity index (χ0n) is 13.4. The lowest BCUT2D eigenvalue weighted by Crippen LogP contribution is -2.46. The van der Waals surface area contributed by atoms with Gasteiger partial charge in [0.1, 0.15) is 24.0 Å². The summed E-state index contributed by atoms with van der Waals surface area (Å²) in [5, 5.41) is 9.64. The van der Waals surface area contributed by atoms with Crippen LogP contribution in [0.5, 0.6) is 0 Å². The Morgan fingerprint density at radius 2 is 2.29 bits per heavy atom. The average molecular weight is 329 g/mol. The number of aromatic amines is 1. The molecule has 1 aliphatic carbocycles. The van der Waals surface area contributed by atoms with Crippen LogP contribution in [0.1, 0.15) is 42.1 Å². The number of morpholine rings is 1. The number of hydrogen-bond donors (Lipinski definition) is 2. The quantitative estimate of drug-likeness (QED) is 0.880. The molecule has 24 heavy (non-hydrogen) atoms. The van der Waals surface area contributed by atoms with Crippen molar-refractivity contribution in [2.45, 2.75) is 31.7 Å². The van der Waals surface area contributed by atoms with Crippen molar-refractivity contribution in [2.75, 3.05) is 25.1 Å². The van der Waals surface area contributed by atoms with Crippen molar-refractivity contribution in [1.29, 1.82) is 0 Å². The minimum Gasteiger partial charge on any atom is -0.377 e. The summed E-state index contributed by atoms with van der Waals surface area (Å²) in [6.45, 7) is 3.24. The van der Waals surface area contributed by atoms with Crippen LogP contribution >= 0.6 is 0 Å². The van der Waals surface area contributed by atoms with Gasteiger partial charge in [-0.15, -0.1) is 0 Å². The molecule has 126 valence electrons. The Hall–Kier alpha value is -2.55. The van der Waals surface area contributed by atoms with Crippen LogP contribution in [-0.4, -0.2) is 55.8 Å². The first kappa shape index (κ1) is 15.0. The van der Waals surface area contributed by atoms with Gasteiger partial charge in [-0.2, -0.15) is 5.10 Å². The van der Waals surface area contributed by atoms with Gasteiger partial charge in [-0.1, -0.05) is 0 Å². The molecular formula is C15H19N7O2. The van der Waals surface area contributed by atoms with Gasteiger partial charge in [-0.05, 0) is 19.8 Å². The molecule has 0 bridgehead atoms. The Labute approximate surface area is 138 Å². The Kier molecular flexibility index (Phi) is 3.85. The SMILES string of the molecule is Cc1ncc(NC(=O)N2CCOCC2c2ncn[nH]2)c(C2CC2)n1. The van der Waals surface area contributed by atoms with Gasteiger partial charge in [0, 0.05) is 12.5 Å². The minimum atomic E-state index is -0.281. The van der Waals surface area contributed by atoms with Crippen LogP contribution in [0.4, 0.5) is 10.5 Å². The van der Waals surface area contributed by atoms with Crippen molar-refractivity contribution in [3.05, 3.63) is 29.9 Å². The van der Waals surface area contributed by atoms with E-state index in [-0.39, 0.29) is 12.1 Å². The largest absolute Gasteiger partial charge is 0.377 e. The second kappa shape index (κ2) is 6.16. The van der Waals surface area contributed by atoms with Gasteiger partial charge < -0.3 is 15.0 Å². The van der Waals surface area contributed by atoms with Gasteiger partial charge in [-0.25, -0.2) is 19.7 Å². The topological polar surface area (TPSA) is 109 Å². The Morgan fingerprint density at radius 1 is 1.42 bits per heavy atom. The van der Waals surface area contributed by atoms with E-state index in [0.717, 1.165) is 24.4 Å². The van der Waals surface area contributed by atoms with E-state index in [2.05, 4.69) is 30.5 Å². The smallest absolute Gasteiger partial charge is 0.322 e. The summed E-state index contributed by atoms with van der Waals surface area (Å²) in [6.07, 6.45) is 5.34. The molecule has 1 aliphatic heterocycles. The number of aryl methyl sites for hydroxylation is 1. The number of aromatic nitrogens is 5. The van der Waals surface area contributed by atoms with E-state index in [0.29, 0.717) is 37.2 Å². The molecule has 2 aliphatic rings. The predicted molar refractivity (Wildman–Crippen MR) is 84.4 cm³/mol. The molecule has 9 nitrogen and oxygen atoms in total. The number of urea groups is 1. The van der Waals surface area contributed by atoms with Gasteiger partial charge in [0.05, 0.1) is 30.8 Å². The lowest BCUT2D eigenvalue weighted by Gasteiger charge is -2.34. The van der Waals surface area contributed by atoms with Gasteiger partial charge in [-0.3, -0.25) is 5.10 Å². The van der Waals surface area contributed by atoms with Crippen LogP contribution in [0.15, 0.2) is 12.5 Å². The fraction of sp³-hybridized carbons (Fsp3) is 0.533. The van der Waals surface area contributed by atoms with Crippen LogP contribution < -0.4 is 5.32 Å². The van der Waals surface area contributed by atoms with Crippen LogP contribution in [0.25, 0.3) is 0 Å². The summed E-state index contributed by atoms with van der Waals surface area (Å²) in [7, 11) is 0. The standard InChI is InChI=1S/C15H19N7O2/c1-9-16-6-11(13(19-9)10-2-3-10)20-15(23)22-4-5-24-7-12(22)14-17-8-18-21-14/h6,8,10,12H,2-5,7H2,1H3,(H,20,23)(H,17,18,21). The van der Waals surface area contributed by atoms with Gasteiger partial charge in [0.2, 0.25) is 0 Å². The molecule has 0 spiro atoms. The summed E-state index contributed by atoms with van der Waals surface area (Å²) in [4.78, 5) is 27.4. The van der Waals surface area contributed by atoms with Crippen molar-refractivity contribution in [2.24, 2.45) is 0 Å². The number of ether oxygens (including phenoxy) is 1. The molecule has 1 saturated heterocycles. The van der Waals surface area contributed by atoms with Crippen LogP contribution in [0, 0.1) is 6.92 Å². The van der Waals surface area contributed by atoms with Crippen molar-refractivity contribution in [3.63, 3.8) is 0 Å². The van der Waals surface area contributed by atoms with Crippen molar-refractivity contribution >= 4 is 11.7 Å². The highest BCUT2D eigenvalue weighted by atomic mass is 16.5. The Morgan fingerprint density at radius 3 is 3.04 bits per heavy atom. The maximum Gasteiger partial charge on any atom is 0.322 e. The summed E-state index contributed by atoms with van der Waals surface area (Å²) in [6, 6.07) is -0.481. The number of hydrogen-bond acceptors (Lipinski definition) is 6. The molecule has 2 aromatic heterocycles. The molecule has 4 rings (SSSR count). The predicted octanol–water partition coefficient (Wildman–Crippen LogP) is 1.39. The van der Waals surface area contributed by atoms with E-state index in [1.54, 1.807) is 11.1 Å². The van der Waals surface area contributed by atoms with Crippen LogP contribution in [0.3, 0.4) is 0 Å². The van der Waals surface area contributed by atoms with Crippen molar-refractivity contribution in [3.8, 4) is 0 Å². The molecule has 3 heterocycles. The second-order valence-corrected chi connectivity index (χ2v) is 6.08. The summed E-state index contributed by atoms with van der Waals surface area (Å²) < 4.78 is 5.49. The van der Waals surface area contributed by atoms with Crippen LogP contribution in [-0.2, 0) is 4.74 Å². The fourth-order valence-electron chi connectivity index (χ4n) is 2.89. The first-order valence-corrected chi connectivity index (χ1v) is 8.06. The summed E-state index contributed by atoms with van der Waals surface area (Å²) in [5.74, 6) is 1.77. The average Bonchev–Trinajstić information content (AvgIpc) is 3.30. The highest BCUT2D eigenvalue weighted by Crippen LogP contribution is 2.42. The summed E-state index contributed by atoms with van der Waals surface area (Å²) in [5.41, 5.74) is 1.62. The van der Waals surface area contributed by atoms with E-state index in [1.165, 1.54) is 6.33 Å². The molecule has 2 N–H and O–H groups in total. The number of carbonyl (C=O) groups is 1. The van der Waals surface area contributed by atoms with E-state index in [1.807, 2.05) is 6.92 Å². The van der Waals surface area contributed by atoms with Gasteiger partial charge in [0.25, 0.3) is 0 Å². The number of anilines is 1. The summed E-state index contributed by atoms with van der Waals surface area (Å²) >= 11 is 0. The monoisotopic (exact) mass is 329 g/mol. The second-order valence-electron chi connectivity index (χ2n) is 6.08. The lowest BCUT2D eigenvalue weighted by molar-refractivity contribution is 0.0118. The fourth-order valence-corrected chi connectivity index (χ4v) is 2.89. The molecule has 2 amide bonds. The van der Waals surface area contributed by atoms with Crippen molar-refractivity contribution < 1.29 is 9.53 Å². The first-order valence-electron chi connectivity index (χ1n) is 8.06. The zero-order chi connectivity index (χ0) is 16.5. The molecular weight excluding hydrogens is 310 g/mol. The maximum absolute atomic E-state index is 12.8. The highest BCUT2D eigenvalue weighted by molar-refractivity contribution is 5.90. The van der Waals surface area contributed by atoms with E-state index in [4.69, 9.17) is 4.74 Å². The Balaban J connectivity index is 1.55. The van der Waals surface area contributed by atoms with Gasteiger partial charge in [0.15, 0.2) is 0 Å². The molecule has 1 atom stereocenters. The van der Waals surface area contributed by atoms with E-state index < -0.39 is 0 Å². The van der Waals surface area contributed by atoms with E-state index in [9.17, 15) is 4.79 Å². The molecule has 1 unspecified atom stereocenters. The molecule has 0 aromatic carbocycles. The molecule has 9 heteroatoms. The maximum atomic E-state index is 12.8. The third kappa shape index (κ3) is 2.94. The van der Waals surface area contributed by atoms with Crippen LogP contribution in [0.2, 0.25) is 0 Å². The van der Waals surface area contributed by atoms with Gasteiger partial charge >= 0.3 is 6.03 Å². The number of amides is 2. The van der Waals surface area contributed by atoms with Crippen molar-refractivity contribution in [1.82, 2.24) is 30.0 Å².